The number of ether oxygens (including phenoxy) is 2. The first-order chi connectivity index (χ1) is 8.60. The van der Waals surface area contributed by atoms with Crippen molar-refractivity contribution in [3.63, 3.8) is 0 Å². The maximum atomic E-state index is 10.5. The van der Waals surface area contributed by atoms with Gasteiger partial charge in [-0.1, -0.05) is 0 Å². The lowest BCUT2D eigenvalue weighted by Gasteiger charge is -2.17. The van der Waals surface area contributed by atoms with Gasteiger partial charge in [0.2, 0.25) is 5.88 Å². The van der Waals surface area contributed by atoms with E-state index >= 15 is 0 Å². The van der Waals surface area contributed by atoms with Crippen LogP contribution in [0.1, 0.15) is 30.9 Å². The van der Waals surface area contributed by atoms with Gasteiger partial charge >= 0.3 is 5.97 Å². The third kappa shape index (κ3) is 3.59. The molecule has 0 saturated carbocycles. The minimum Gasteiger partial charge on any atom is -0.496 e. The van der Waals surface area contributed by atoms with Crippen LogP contribution in [0.4, 0.5) is 0 Å². The average molecular weight is 254 g/mol. The molecule has 0 aliphatic carbocycles. The summed E-state index contributed by atoms with van der Waals surface area (Å²) in [6, 6.07) is 1.34. The monoisotopic (exact) mass is 254 g/mol. The van der Waals surface area contributed by atoms with E-state index in [0.717, 1.165) is 0 Å². The van der Waals surface area contributed by atoms with Gasteiger partial charge in [-0.15, -0.1) is 0 Å². The second-order valence-corrected chi connectivity index (χ2v) is 3.83. The first-order valence-electron chi connectivity index (χ1n) is 5.64. The van der Waals surface area contributed by atoms with E-state index in [1.807, 2.05) is 0 Å². The minimum atomic E-state index is -0.827. The highest BCUT2D eigenvalue weighted by atomic mass is 16.5. The van der Waals surface area contributed by atoms with Crippen molar-refractivity contribution >= 4 is 5.97 Å². The number of methoxy groups -OCH3 is 2. The lowest BCUT2D eigenvalue weighted by atomic mass is 10.0. The molecular weight excluding hydrogens is 236 g/mol. The second kappa shape index (κ2) is 6.80. The average Bonchev–Trinajstić information content (AvgIpc) is 2.36. The Bertz CT molecular complexity index is 387. The number of hydrogen-bond acceptors (Lipinski definition) is 5. The van der Waals surface area contributed by atoms with Crippen LogP contribution >= 0.6 is 0 Å². The number of carbonyl (C=O) groups is 1. The second-order valence-electron chi connectivity index (χ2n) is 3.83. The molecule has 0 aliphatic heterocycles. The van der Waals surface area contributed by atoms with E-state index < -0.39 is 5.97 Å². The van der Waals surface area contributed by atoms with Gasteiger partial charge in [0.15, 0.2) is 0 Å². The Kier molecular flexibility index (Phi) is 5.38. The molecule has 6 heteroatoms. The van der Waals surface area contributed by atoms with Gasteiger partial charge in [-0.3, -0.25) is 4.79 Å². The molecule has 0 fully saturated rings. The number of nitrogens with zero attached hydrogens (tertiary/aromatic N) is 1. The maximum Gasteiger partial charge on any atom is 0.303 e. The van der Waals surface area contributed by atoms with Crippen LogP contribution in [0.3, 0.4) is 0 Å². The number of rotatable bonds is 7. The van der Waals surface area contributed by atoms with Crippen molar-refractivity contribution < 1.29 is 19.4 Å². The van der Waals surface area contributed by atoms with Gasteiger partial charge in [-0.25, -0.2) is 4.98 Å². The molecule has 1 atom stereocenters. The molecule has 1 unspecified atom stereocenters. The first-order valence-corrected chi connectivity index (χ1v) is 5.64. The zero-order chi connectivity index (χ0) is 13.5. The van der Waals surface area contributed by atoms with Crippen molar-refractivity contribution in [3.05, 3.63) is 17.8 Å². The Morgan fingerprint density at radius 3 is 2.78 bits per heavy atom. The molecule has 0 saturated heterocycles. The summed E-state index contributed by atoms with van der Waals surface area (Å²) < 4.78 is 10.4. The van der Waals surface area contributed by atoms with E-state index in [1.165, 1.54) is 7.11 Å². The molecule has 0 amide bonds. The summed E-state index contributed by atoms with van der Waals surface area (Å²) in [5.74, 6) is 0.189. The van der Waals surface area contributed by atoms with Crippen LogP contribution in [-0.4, -0.2) is 30.3 Å². The van der Waals surface area contributed by atoms with Crippen molar-refractivity contribution in [2.45, 2.75) is 25.3 Å². The van der Waals surface area contributed by atoms with Crippen LogP contribution in [0.15, 0.2) is 12.3 Å². The third-order valence-electron chi connectivity index (χ3n) is 2.60. The minimum absolute atomic E-state index is 0.0958. The molecule has 1 aromatic rings. The molecule has 1 rings (SSSR count). The Morgan fingerprint density at radius 2 is 2.22 bits per heavy atom. The summed E-state index contributed by atoms with van der Waals surface area (Å²) in [5, 5.41) is 8.60. The molecule has 0 radical (unpaired) electrons. The molecule has 6 nitrogen and oxygen atoms in total. The van der Waals surface area contributed by atoms with Crippen LogP contribution in [0.2, 0.25) is 0 Å². The van der Waals surface area contributed by atoms with Gasteiger partial charge < -0.3 is 20.3 Å². The van der Waals surface area contributed by atoms with Crippen molar-refractivity contribution in [1.29, 1.82) is 0 Å². The summed E-state index contributed by atoms with van der Waals surface area (Å²) in [5.41, 5.74) is 6.72. The highest BCUT2D eigenvalue weighted by Gasteiger charge is 2.18. The van der Waals surface area contributed by atoms with Crippen molar-refractivity contribution in [1.82, 2.24) is 4.98 Å². The fourth-order valence-electron chi connectivity index (χ4n) is 1.74. The van der Waals surface area contributed by atoms with E-state index in [4.69, 9.17) is 20.3 Å². The van der Waals surface area contributed by atoms with Gasteiger partial charge in [-0.2, -0.15) is 0 Å². The first kappa shape index (κ1) is 14.2. The number of carboxylic acid groups (broad SMARTS) is 1. The highest BCUT2D eigenvalue weighted by Crippen LogP contribution is 2.33. The molecular formula is C12H18N2O4. The van der Waals surface area contributed by atoms with Crippen molar-refractivity contribution in [2.75, 3.05) is 14.2 Å². The number of carboxylic acids is 1. The molecule has 1 aromatic heterocycles. The Labute approximate surface area is 106 Å². The summed E-state index contributed by atoms with van der Waals surface area (Å²) in [4.78, 5) is 14.5. The van der Waals surface area contributed by atoms with Gasteiger partial charge in [0, 0.05) is 18.7 Å². The molecule has 0 spiro atoms. The zero-order valence-electron chi connectivity index (χ0n) is 10.5. The molecule has 0 aliphatic rings. The van der Waals surface area contributed by atoms with Gasteiger partial charge in [0.25, 0.3) is 0 Å². The van der Waals surface area contributed by atoms with E-state index in [9.17, 15) is 4.79 Å². The quantitative estimate of drug-likeness (QED) is 0.762. The molecule has 3 N–H and O–H groups in total. The number of hydrogen-bond donors (Lipinski definition) is 2. The Balaban J connectivity index is 2.82. The maximum absolute atomic E-state index is 10.5. The highest BCUT2D eigenvalue weighted by molar-refractivity contribution is 5.66. The molecule has 0 bridgehead atoms. The summed E-state index contributed by atoms with van der Waals surface area (Å²) in [7, 11) is 3.05. The van der Waals surface area contributed by atoms with Crippen LogP contribution in [0, 0.1) is 0 Å². The fourth-order valence-corrected chi connectivity index (χ4v) is 1.74. The summed E-state index contributed by atoms with van der Waals surface area (Å²) in [6.45, 7) is 0. The van der Waals surface area contributed by atoms with Crippen LogP contribution < -0.4 is 15.2 Å². The lowest BCUT2D eigenvalue weighted by molar-refractivity contribution is -0.137. The SMILES string of the molecule is COc1ccnc(OC)c1C(N)CCCC(=O)O. The van der Waals surface area contributed by atoms with E-state index in [1.54, 1.807) is 19.4 Å². The standard InChI is InChI=1S/C12H18N2O4/c1-17-9-6-7-14-12(18-2)11(9)8(13)4-3-5-10(15)16/h6-8H,3-5,13H2,1-2H3,(H,15,16). The smallest absolute Gasteiger partial charge is 0.303 e. The third-order valence-corrected chi connectivity index (χ3v) is 2.60. The van der Waals surface area contributed by atoms with E-state index in [0.29, 0.717) is 30.0 Å². The van der Waals surface area contributed by atoms with E-state index in [2.05, 4.69) is 4.98 Å². The molecule has 100 valence electrons. The van der Waals surface area contributed by atoms with Gasteiger partial charge in [-0.05, 0) is 18.9 Å². The predicted molar refractivity (Wildman–Crippen MR) is 65.8 cm³/mol. The Morgan fingerprint density at radius 1 is 1.50 bits per heavy atom. The lowest BCUT2D eigenvalue weighted by Crippen LogP contribution is -2.14. The number of nitrogens with two attached hydrogens (primary N) is 1. The van der Waals surface area contributed by atoms with Gasteiger partial charge in [0.1, 0.15) is 5.75 Å². The number of aliphatic carboxylic acids is 1. The number of pyridine rings is 1. The largest absolute Gasteiger partial charge is 0.496 e. The van der Waals surface area contributed by atoms with Crippen LogP contribution in [-0.2, 0) is 4.79 Å². The molecule has 0 aromatic carbocycles. The van der Waals surface area contributed by atoms with Gasteiger partial charge in [0.05, 0.1) is 19.8 Å². The summed E-state index contributed by atoms with van der Waals surface area (Å²) >= 11 is 0. The Hall–Kier alpha value is -1.82. The summed E-state index contributed by atoms with van der Waals surface area (Å²) in [6.07, 6.45) is 2.70. The molecule has 18 heavy (non-hydrogen) atoms. The van der Waals surface area contributed by atoms with Crippen LogP contribution in [0.25, 0.3) is 0 Å². The normalized spacial score (nSPS) is 11.9. The predicted octanol–water partition coefficient (Wildman–Crippen LogP) is 1.35. The van der Waals surface area contributed by atoms with Crippen molar-refractivity contribution in [3.8, 4) is 11.6 Å². The number of aromatic nitrogens is 1. The fraction of sp³-hybridized carbons (Fsp3) is 0.500. The zero-order valence-corrected chi connectivity index (χ0v) is 10.5. The molecule has 1 heterocycles. The topological polar surface area (TPSA) is 94.7 Å². The van der Waals surface area contributed by atoms with Crippen LogP contribution in [0.5, 0.6) is 11.6 Å². The van der Waals surface area contributed by atoms with E-state index in [-0.39, 0.29) is 12.5 Å². The van der Waals surface area contributed by atoms with Crippen molar-refractivity contribution in [2.24, 2.45) is 5.73 Å².